The summed E-state index contributed by atoms with van der Waals surface area (Å²) in [6.45, 7) is 0. The van der Waals surface area contributed by atoms with E-state index in [1.54, 1.807) is 0 Å². The van der Waals surface area contributed by atoms with E-state index in [9.17, 15) is 9.59 Å². The molecule has 0 unspecified atom stereocenters. The highest BCUT2D eigenvalue weighted by Crippen LogP contribution is 2.55. The van der Waals surface area contributed by atoms with Crippen LogP contribution in [0.4, 0.5) is 0 Å². The lowest BCUT2D eigenvalue weighted by atomic mass is 9.96. The van der Waals surface area contributed by atoms with Gasteiger partial charge >= 0.3 is 0 Å². The van der Waals surface area contributed by atoms with Gasteiger partial charge in [-0.15, -0.1) is 0 Å². The number of halogens is 2. The summed E-state index contributed by atoms with van der Waals surface area (Å²) in [6.07, 6.45) is 0. The molecule has 0 aromatic heterocycles. The molecule has 0 fully saturated rings. The second-order valence-electron chi connectivity index (χ2n) is 7.14. The van der Waals surface area contributed by atoms with E-state index in [1.165, 1.54) is 23.5 Å². The van der Waals surface area contributed by atoms with E-state index >= 15 is 0 Å². The van der Waals surface area contributed by atoms with Crippen molar-refractivity contribution >= 4 is 88.3 Å². The number of benzene rings is 4. The summed E-state index contributed by atoms with van der Waals surface area (Å²) in [5.74, 6) is 0. The molecule has 30 heavy (non-hydrogen) atoms. The fourth-order valence-corrected chi connectivity index (χ4v) is 6.71. The Labute approximate surface area is 190 Å². The third kappa shape index (κ3) is 2.61. The molecule has 2 aliphatic rings. The lowest BCUT2D eigenvalue weighted by molar-refractivity contribution is 0.108. The van der Waals surface area contributed by atoms with E-state index < -0.39 is 0 Å². The highest BCUT2D eigenvalue weighted by atomic mass is 35.5. The van der Waals surface area contributed by atoms with E-state index in [1.807, 2.05) is 60.7 Å². The van der Waals surface area contributed by atoms with Crippen LogP contribution in [0.1, 0.15) is 31.8 Å². The van der Waals surface area contributed by atoms with Crippen molar-refractivity contribution in [3.63, 3.8) is 0 Å². The van der Waals surface area contributed by atoms with E-state index in [0.717, 1.165) is 42.5 Å². The van der Waals surface area contributed by atoms with Crippen molar-refractivity contribution in [2.75, 3.05) is 0 Å². The SMILES string of the molecule is O=C1S/C(=C2\SC(=O)c3c2ccc2ccc(Cl)cc32)c2ccc3ccc(Cl)cc3c21. The molecule has 0 amide bonds. The monoisotopic (exact) mass is 464 g/mol. The fraction of sp³-hybridized carbons (Fsp3) is 0. The Balaban J connectivity index is 1.65. The summed E-state index contributed by atoms with van der Waals surface area (Å²) >= 11 is 14.8. The largest absolute Gasteiger partial charge is 0.281 e. The van der Waals surface area contributed by atoms with E-state index in [2.05, 4.69) is 0 Å². The van der Waals surface area contributed by atoms with Crippen LogP contribution in [0.15, 0.2) is 60.7 Å². The van der Waals surface area contributed by atoms with Gasteiger partial charge in [-0.05, 0) is 69.3 Å². The van der Waals surface area contributed by atoms with Gasteiger partial charge in [0.05, 0.1) is 0 Å². The summed E-state index contributed by atoms with van der Waals surface area (Å²) < 4.78 is 0. The standard InChI is InChI=1S/C24H10Cl2O2S2/c25-13-5-1-11-3-7-15-19(17(11)9-13)23(27)29-21(15)22-16-8-4-12-2-6-14(26)10-18(12)20(16)24(28)30-22/h1-10H/b22-21-. The van der Waals surface area contributed by atoms with Crippen LogP contribution in [-0.2, 0) is 0 Å². The zero-order valence-corrected chi connectivity index (χ0v) is 18.3. The lowest BCUT2D eigenvalue weighted by Crippen LogP contribution is -1.91. The number of hydrogen-bond donors (Lipinski definition) is 0. The summed E-state index contributed by atoms with van der Waals surface area (Å²) in [6, 6.07) is 19.1. The second-order valence-corrected chi connectivity index (χ2v) is 9.98. The van der Waals surface area contributed by atoms with E-state index in [4.69, 9.17) is 23.2 Å². The van der Waals surface area contributed by atoms with Crippen molar-refractivity contribution < 1.29 is 9.59 Å². The molecular formula is C24H10Cl2O2S2. The molecule has 0 atom stereocenters. The van der Waals surface area contributed by atoms with Crippen LogP contribution in [0.5, 0.6) is 0 Å². The molecule has 6 rings (SSSR count). The molecule has 144 valence electrons. The van der Waals surface area contributed by atoms with Crippen LogP contribution >= 0.6 is 46.7 Å². The van der Waals surface area contributed by atoms with E-state index in [0.29, 0.717) is 21.2 Å². The molecule has 2 nitrogen and oxygen atoms in total. The molecule has 0 aliphatic carbocycles. The third-order valence-corrected chi connectivity index (χ3v) is 8.10. The van der Waals surface area contributed by atoms with Gasteiger partial charge in [-0.3, -0.25) is 9.59 Å². The molecule has 6 heteroatoms. The zero-order valence-electron chi connectivity index (χ0n) is 15.2. The van der Waals surface area contributed by atoms with Crippen molar-refractivity contribution in [2.24, 2.45) is 0 Å². The highest BCUT2D eigenvalue weighted by molar-refractivity contribution is 8.27. The Bertz CT molecular complexity index is 1390. The maximum absolute atomic E-state index is 13.0. The van der Waals surface area contributed by atoms with Crippen molar-refractivity contribution in [2.45, 2.75) is 0 Å². The molecule has 0 spiro atoms. The predicted molar refractivity (Wildman–Crippen MR) is 129 cm³/mol. The summed E-state index contributed by atoms with van der Waals surface area (Å²) in [7, 11) is 0. The van der Waals surface area contributed by atoms with Crippen molar-refractivity contribution in [3.05, 3.63) is 93.0 Å². The Morgan fingerprint density at radius 2 is 0.967 bits per heavy atom. The minimum absolute atomic E-state index is 0.0225. The van der Waals surface area contributed by atoms with E-state index in [-0.39, 0.29) is 10.2 Å². The first-order valence-electron chi connectivity index (χ1n) is 9.15. The van der Waals surface area contributed by atoms with Gasteiger partial charge in [-0.25, -0.2) is 0 Å². The number of fused-ring (bicyclic) bond motifs is 6. The summed E-state index contributed by atoms with van der Waals surface area (Å²) in [5.41, 5.74) is 3.03. The molecular weight excluding hydrogens is 455 g/mol. The van der Waals surface area contributed by atoms with Crippen LogP contribution in [-0.4, -0.2) is 10.2 Å². The van der Waals surface area contributed by atoms with Crippen molar-refractivity contribution in [3.8, 4) is 0 Å². The molecule has 0 saturated heterocycles. The number of rotatable bonds is 0. The molecule has 2 aliphatic heterocycles. The number of hydrogen-bond acceptors (Lipinski definition) is 4. The van der Waals surface area contributed by atoms with Crippen LogP contribution in [0.25, 0.3) is 31.4 Å². The first-order valence-corrected chi connectivity index (χ1v) is 11.5. The first kappa shape index (κ1) is 18.5. The maximum Gasteiger partial charge on any atom is 0.225 e. The molecule has 0 saturated carbocycles. The number of thioether (sulfide) groups is 2. The Morgan fingerprint density at radius 3 is 1.40 bits per heavy atom. The van der Waals surface area contributed by atoms with Gasteiger partial charge in [0.1, 0.15) is 0 Å². The van der Waals surface area contributed by atoms with Crippen molar-refractivity contribution in [1.29, 1.82) is 0 Å². The van der Waals surface area contributed by atoms with Crippen molar-refractivity contribution in [1.82, 2.24) is 0 Å². The molecule has 4 aromatic carbocycles. The van der Waals surface area contributed by atoms with Gasteiger partial charge in [0, 0.05) is 42.1 Å². The molecule has 2 heterocycles. The van der Waals surface area contributed by atoms with Crippen LogP contribution < -0.4 is 0 Å². The van der Waals surface area contributed by atoms with Gasteiger partial charge in [0.2, 0.25) is 10.2 Å². The van der Waals surface area contributed by atoms with Gasteiger partial charge < -0.3 is 0 Å². The molecule has 4 aromatic rings. The topological polar surface area (TPSA) is 34.1 Å². The molecule has 0 radical (unpaired) electrons. The average Bonchev–Trinajstić information content (AvgIpc) is 3.25. The Morgan fingerprint density at radius 1 is 0.567 bits per heavy atom. The maximum atomic E-state index is 13.0. The van der Waals surface area contributed by atoms with Gasteiger partial charge in [0.15, 0.2) is 0 Å². The van der Waals surface area contributed by atoms with Gasteiger partial charge in [0.25, 0.3) is 0 Å². The number of carbonyl (C=O) groups excluding carboxylic acids is 2. The summed E-state index contributed by atoms with van der Waals surface area (Å²) in [5, 5.41) is 4.75. The zero-order chi connectivity index (χ0) is 20.6. The highest BCUT2D eigenvalue weighted by Gasteiger charge is 2.36. The Hall–Kier alpha value is -2.24. The van der Waals surface area contributed by atoms with Gasteiger partial charge in [-0.1, -0.05) is 59.6 Å². The summed E-state index contributed by atoms with van der Waals surface area (Å²) in [4.78, 5) is 27.6. The first-order chi connectivity index (χ1) is 14.5. The lowest BCUT2D eigenvalue weighted by Gasteiger charge is -2.08. The predicted octanol–water partition coefficient (Wildman–Crippen LogP) is 7.90. The molecule has 0 bridgehead atoms. The van der Waals surface area contributed by atoms with Crippen LogP contribution in [0.3, 0.4) is 0 Å². The second kappa shape index (κ2) is 6.63. The van der Waals surface area contributed by atoms with Crippen LogP contribution in [0, 0.1) is 0 Å². The smallest absolute Gasteiger partial charge is 0.225 e. The average molecular weight is 465 g/mol. The minimum atomic E-state index is -0.0225. The normalized spacial score (nSPS) is 17.8. The third-order valence-electron chi connectivity index (χ3n) is 5.46. The minimum Gasteiger partial charge on any atom is -0.281 e. The fourth-order valence-electron chi connectivity index (χ4n) is 4.14. The van der Waals surface area contributed by atoms with Gasteiger partial charge in [-0.2, -0.15) is 0 Å². The quantitative estimate of drug-likeness (QED) is 0.264. The number of carbonyl (C=O) groups is 2. The molecule has 0 N–H and O–H groups in total. The van der Waals surface area contributed by atoms with Crippen LogP contribution in [0.2, 0.25) is 10.0 Å². The Kier molecular flexibility index (Phi) is 4.09.